The van der Waals surface area contributed by atoms with E-state index in [-0.39, 0.29) is 12.8 Å². The third-order valence-corrected chi connectivity index (χ3v) is 3.95. The molecule has 0 radical (unpaired) electrons. The van der Waals surface area contributed by atoms with Gasteiger partial charge in [-0.05, 0) is 25.3 Å². The number of piperidine rings is 1. The number of halogens is 2. The Morgan fingerprint density at radius 3 is 2.30 bits per heavy atom. The number of rotatable bonds is 4. The predicted octanol–water partition coefficient (Wildman–Crippen LogP) is 3.82. The molecule has 20 heavy (non-hydrogen) atoms. The van der Waals surface area contributed by atoms with E-state index in [1.807, 2.05) is 4.68 Å². The summed E-state index contributed by atoms with van der Waals surface area (Å²) in [4.78, 5) is 2.09. The highest BCUT2D eigenvalue weighted by Crippen LogP contribution is 2.29. The Balaban J connectivity index is 2.09. The largest absolute Gasteiger partial charge is 0.297 e. The van der Waals surface area contributed by atoms with E-state index in [1.165, 1.54) is 5.56 Å². The van der Waals surface area contributed by atoms with Crippen LogP contribution in [-0.2, 0) is 6.54 Å². The van der Waals surface area contributed by atoms with Gasteiger partial charge in [-0.3, -0.25) is 9.58 Å². The van der Waals surface area contributed by atoms with E-state index in [0.29, 0.717) is 31.6 Å². The van der Waals surface area contributed by atoms with Gasteiger partial charge in [0, 0.05) is 44.7 Å². The third kappa shape index (κ3) is 3.57. The normalized spacial score (nSPS) is 20.0. The van der Waals surface area contributed by atoms with Crippen molar-refractivity contribution >= 4 is 0 Å². The maximum Gasteiger partial charge on any atom is 0.250 e. The minimum atomic E-state index is -2.48. The van der Waals surface area contributed by atoms with E-state index in [4.69, 9.17) is 0 Å². The molecule has 0 saturated carbocycles. The van der Waals surface area contributed by atoms with Crippen LogP contribution in [0.5, 0.6) is 0 Å². The van der Waals surface area contributed by atoms with Crippen molar-refractivity contribution < 1.29 is 8.78 Å². The van der Waals surface area contributed by atoms with Crippen LogP contribution in [0.3, 0.4) is 0 Å². The summed E-state index contributed by atoms with van der Waals surface area (Å²) >= 11 is 0. The summed E-state index contributed by atoms with van der Waals surface area (Å²) in [6.45, 7) is 10.1. The second-order valence-corrected chi connectivity index (χ2v) is 6.39. The van der Waals surface area contributed by atoms with Gasteiger partial charge in [-0.1, -0.05) is 13.8 Å². The number of likely N-dealkylation sites (tertiary alicyclic amines) is 1. The highest BCUT2D eigenvalue weighted by molar-refractivity contribution is 5.21. The third-order valence-electron chi connectivity index (χ3n) is 3.95. The van der Waals surface area contributed by atoms with Gasteiger partial charge in [0.15, 0.2) is 0 Å². The van der Waals surface area contributed by atoms with Crippen molar-refractivity contribution in [1.82, 2.24) is 14.7 Å². The minimum absolute atomic E-state index is 0.0328. The molecule has 1 fully saturated rings. The zero-order valence-electron chi connectivity index (χ0n) is 12.9. The van der Waals surface area contributed by atoms with Gasteiger partial charge < -0.3 is 0 Å². The van der Waals surface area contributed by atoms with Crippen LogP contribution in [-0.4, -0.2) is 33.7 Å². The van der Waals surface area contributed by atoms with Crippen LogP contribution in [0.1, 0.15) is 63.8 Å². The average molecular weight is 285 g/mol. The number of nitrogens with zero attached hydrogens (tertiary/aromatic N) is 3. The molecule has 1 aliphatic heterocycles. The van der Waals surface area contributed by atoms with E-state index in [9.17, 15) is 8.78 Å². The summed E-state index contributed by atoms with van der Waals surface area (Å²) in [5.41, 5.74) is 2.27. The van der Waals surface area contributed by atoms with Crippen LogP contribution in [0.15, 0.2) is 6.20 Å². The van der Waals surface area contributed by atoms with Crippen LogP contribution in [0.4, 0.5) is 8.78 Å². The average Bonchev–Trinajstić information content (AvgIpc) is 2.76. The van der Waals surface area contributed by atoms with Gasteiger partial charge in [-0.15, -0.1) is 0 Å². The van der Waals surface area contributed by atoms with Crippen LogP contribution in [0.2, 0.25) is 0 Å². The van der Waals surface area contributed by atoms with E-state index >= 15 is 0 Å². The lowest BCUT2D eigenvalue weighted by Gasteiger charge is -2.31. The molecule has 5 heteroatoms. The number of alkyl halides is 2. The van der Waals surface area contributed by atoms with E-state index < -0.39 is 5.92 Å². The van der Waals surface area contributed by atoms with Crippen molar-refractivity contribution in [2.24, 2.45) is 0 Å². The molecule has 1 aromatic rings. The molecule has 3 nitrogen and oxygen atoms in total. The lowest BCUT2D eigenvalue weighted by atomic mass is 10.0. The molecule has 0 bridgehead atoms. The van der Waals surface area contributed by atoms with Gasteiger partial charge in [0.25, 0.3) is 5.92 Å². The smallest absolute Gasteiger partial charge is 0.250 e. The van der Waals surface area contributed by atoms with Crippen molar-refractivity contribution in [3.63, 3.8) is 0 Å². The van der Waals surface area contributed by atoms with Crippen LogP contribution in [0.25, 0.3) is 0 Å². The molecular weight excluding hydrogens is 260 g/mol. The lowest BCUT2D eigenvalue weighted by molar-refractivity contribution is -0.0569. The zero-order chi connectivity index (χ0) is 14.9. The summed E-state index contributed by atoms with van der Waals surface area (Å²) in [6.07, 6.45) is 2.03. The number of hydrogen-bond acceptors (Lipinski definition) is 2. The maximum absolute atomic E-state index is 13.2. The highest BCUT2D eigenvalue weighted by atomic mass is 19.3. The quantitative estimate of drug-likeness (QED) is 0.838. The Bertz CT molecular complexity index is 442. The second-order valence-electron chi connectivity index (χ2n) is 6.39. The first kappa shape index (κ1) is 15.4. The molecule has 0 aliphatic carbocycles. The van der Waals surface area contributed by atoms with Crippen LogP contribution < -0.4 is 0 Å². The van der Waals surface area contributed by atoms with Gasteiger partial charge in [-0.25, -0.2) is 8.78 Å². The molecule has 1 aliphatic rings. The molecule has 1 aromatic heterocycles. The fourth-order valence-electron chi connectivity index (χ4n) is 2.56. The molecule has 1 saturated heterocycles. The first-order valence-electron chi connectivity index (χ1n) is 7.46. The molecule has 0 aromatic carbocycles. The molecule has 0 amide bonds. The highest BCUT2D eigenvalue weighted by Gasteiger charge is 2.34. The van der Waals surface area contributed by atoms with E-state index in [2.05, 4.69) is 43.9 Å². The van der Waals surface area contributed by atoms with Gasteiger partial charge in [0.05, 0.1) is 5.69 Å². The first-order valence-corrected chi connectivity index (χ1v) is 7.46. The summed E-state index contributed by atoms with van der Waals surface area (Å²) < 4.78 is 28.4. The summed E-state index contributed by atoms with van der Waals surface area (Å²) in [5, 5.41) is 4.65. The van der Waals surface area contributed by atoms with Gasteiger partial charge >= 0.3 is 0 Å². The topological polar surface area (TPSA) is 21.1 Å². The monoisotopic (exact) mass is 285 g/mol. The van der Waals surface area contributed by atoms with Crippen molar-refractivity contribution in [3.05, 3.63) is 17.5 Å². The van der Waals surface area contributed by atoms with Gasteiger partial charge in [-0.2, -0.15) is 5.10 Å². The minimum Gasteiger partial charge on any atom is -0.297 e. The SMILES string of the molecule is CC(C)c1cn(C(C)C)nc1CN1CCC(F)(F)CC1. The number of aromatic nitrogens is 2. The van der Waals surface area contributed by atoms with Gasteiger partial charge in [0.2, 0.25) is 0 Å². The summed E-state index contributed by atoms with van der Waals surface area (Å²) in [5.74, 6) is -2.07. The molecule has 0 atom stereocenters. The van der Waals surface area contributed by atoms with Crippen molar-refractivity contribution in [1.29, 1.82) is 0 Å². The van der Waals surface area contributed by atoms with Crippen molar-refractivity contribution in [2.75, 3.05) is 13.1 Å². The zero-order valence-corrected chi connectivity index (χ0v) is 12.9. The maximum atomic E-state index is 13.2. The first-order chi connectivity index (χ1) is 9.28. The van der Waals surface area contributed by atoms with Crippen molar-refractivity contribution in [2.45, 2.75) is 65.0 Å². The van der Waals surface area contributed by atoms with Crippen LogP contribution in [0, 0.1) is 0 Å². The van der Waals surface area contributed by atoms with E-state index in [1.54, 1.807) is 0 Å². The standard InChI is InChI=1S/C15H25F2N3/c1-11(2)13-9-20(12(3)4)18-14(13)10-19-7-5-15(16,17)6-8-19/h9,11-12H,5-8,10H2,1-4H3. The number of hydrogen-bond donors (Lipinski definition) is 0. The Kier molecular flexibility index (Phi) is 4.47. The predicted molar refractivity (Wildman–Crippen MR) is 76.2 cm³/mol. The molecule has 0 N–H and O–H groups in total. The molecule has 114 valence electrons. The fourth-order valence-corrected chi connectivity index (χ4v) is 2.56. The molecule has 0 unspecified atom stereocenters. The summed E-state index contributed by atoms with van der Waals surface area (Å²) in [7, 11) is 0. The van der Waals surface area contributed by atoms with E-state index in [0.717, 1.165) is 5.69 Å². The Morgan fingerprint density at radius 1 is 1.20 bits per heavy atom. The lowest BCUT2D eigenvalue weighted by Crippen LogP contribution is -2.39. The van der Waals surface area contributed by atoms with Crippen LogP contribution >= 0.6 is 0 Å². The molecule has 0 spiro atoms. The van der Waals surface area contributed by atoms with Crippen molar-refractivity contribution in [3.8, 4) is 0 Å². The second kappa shape index (κ2) is 5.80. The Labute approximate surface area is 120 Å². The van der Waals surface area contributed by atoms with Gasteiger partial charge in [0.1, 0.15) is 0 Å². The Hall–Kier alpha value is -0.970. The summed E-state index contributed by atoms with van der Waals surface area (Å²) in [6, 6.07) is 0.326. The fraction of sp³-hybridized carbons (Fsp3) is 0.800. The molecular formula is C15H25F2N3. The molecule has 2 rings (SSSR count). The Morgan fingerprint density at radius 2 is 1.80 bits per heavy atom. The molecule has 2 heterocycles.